The number of hydrogen-bond donors (Lipinski definition) is 1. The van der Waals surface area contributed by atoms with E-state index in [1.54, 1.807) is 97.9 Å². The number of H-pyrrole nitrogens is 1. The lowest BCUT2D eigenvalue weighted by atomic mass is 10.1. The van der Waals surface area contributed by atoms with Gasteiger partial charge in [0.25, 0.3) is 5.56 Å². The summed E-state index contributed by atoms with van der Waals surface area (Å²) in [6.07, 6.45) is -3.61. The topological polar surface area (TPSA) is 143 Å². The number of aromatic amines is 1. The van der Waals surface area contributed by atoms with Crippen LogP contribution in [-0.4, -0.2) is 52.4 Å². The molecule has 1 fully saturated rings. The van der Waals surface area contributed by atoms with E-state index in [2.05, 4.69) is 4.98 Å². The predicted octanol–water partition coefficient (Wildman–Crippen LogP) is 3.30. The molecule has 1 aromatic heterocycles. The van der Waals surface area contributed by atoms with Gasteiger partial charge in [-0.25, -0.2) is 19.2 Å². The van der Waals surface area contributed by atoms with Crippen LogP contribution in [0.2, 0.25) is 0 Å². The molecule has 11 heteroatoms. The van der Waals surface area contributed by atoms with Gasteiger partial charge in [0.15, 0.2) is 18.4 Å². The number of benzene rings is 3. The number of esters is 3. The van der Waals surface area contributed by atoms with Gasteiger partial charge in [0.2, 0.25) is 0 Å². The average molecular weight is 585 g/mol. The molecule has 11 nitrogen and oxygen atoms in total. The summed E-state index contributed by atoms with van der Waals surface area (Å²) in [5.74, 6) is -2.18. The van der Waals surface area contributed by atoms with Gasteiger partial charge in [0, 0.05) is 11.8 Å². The fraction of sp³-hybridized carbons (Fsp3) is 0.219. The standard InChI is InChI=1S/C32H28N2O9/c1-2-20-18-34(32(39)33-27(20)35)28-26(43-31(38)23-16-10-5-11-17-23)25(42-30(37)22-14-8-4-9-15-22)24(41-28)19-40-29(36)21-12-6-3-7-13-21/h3-18,24-26,28H,2,19H2,1H3,(H,33,35,39)/t24-,25-,26-,28-/m1/s1. The third kappa shape index (κ3) is 6.62. The molecule has 2 heterocycles. The molecule has 1 aliphatic rings. The lowest BCUT2D eigenvalue weighted by Crippen LogP contribution is -2.43. The number of aromatic nitrogens is 2. The van der Waals surface area contributed by atoms with Gasteiger partial charge >= 0.3 is 23.6 Å². The number of nitrogens with zero attached hydrogens (tertiary/aromatic N) is 1. The van der Waals surface area contributed by atoms with Crippen LogP contribution in [0.1, 0.15) is 49.8 Å². The number of ether oxygens (including phenoxy) is 4. The van der Waals surface area contributed by atoms with Crippen LogP contribution in [0.5, 0.6) is 0 Å². The number of hydrogen-bond acceptors (Lipinski definition) is 9. The number of nitrogens with one attached hydrogen (secondary N) is 1. The molecular formula is C32H28N2O9. The largest absolute Gasteiger partial charge is 0.459 e. The van der Waals surface area contributed by atoms with Crippen molar-refractivity contribution in [2.45, 2.75) is 37.9 Å². The van der Waals surface area contributed by atoms with Gasteiger partial charge in [-0.3, -0.25) is 14.3 Å². The van der Waals surface area contributed by atoms with E-state index >= 15 is 0 Å². The molecule has 1 N–H and O–H groups in total. The van der Waals surface area contributed by atoms with Crippen molar-refractivity contribution in [3.05, 3.63) is 140 Å². The molecule has 1 aliphatic heterocycles. The molecule has 0 unspecified atom stereocenters. The number of rotatable bonds is 9. The van der Waals surface area contributed by atoms with Gasteiger partial charge in [-0.05, 0) is 42.8 Å². The third-order valence-electron chi connectivity index (χ3n) is 6.88. The van der Waals surface area contributed by atoms with Gasteiger partial charge in [-0.15, -0.1) is 0 Å². The highest BCUT2D eigenvalue weighted by Crippen LogP contribution is 2.35. The Balaban J connectivity index is 1.53. The maximum Gasteiger partial charge on any atom is 0.338 e. The van der Waals surface area contributed by atoms with Gasteiger partial charge in [0.05, 0.1) is 16.7 Å². The lowest BCUT2D eigenvalue weighted by molar-refractivity contribution is -0.0641. The summed E-state index contributed by atoms with van der Waals surface area (Å²) in [5.41, 5.74) is -0.424. The molecule has 0 saturated carbocycles. The van der Waals surface area contributed by atoms with E-state index in [1.165, 1.54) is 6.20 Å². The van der Waals surface area contributed by atoms with Crippen molar-refractivity contribution in [3.8, 4) is 0 Å². The first-order valence-corrected chi connectivity index (χ1v) is 13.6. The zero-order valence-electron chi connectivity index (χ0n) is 23.1. The highest BCUT2D eigenvalue weighted by Gasteiger charge is 2.51. The molecule has 1 saturated heterocycles. The van der Waals surface area contributed by atoms with E-state index < -0.39 is 60.3 Å². The monoisotopic (exact) mass is 584 g/mol. The van der Waals surface area contributed by atoms with Crippen LogP contribution < -0.4 is 11.2 Å². The van der Waals surface area contributed by atoms with Gasteiger partial charge in [0.1, 0.15) is 12.7 Å². The second-order valence-electron chi connectivity index (χ2n) is 9.68. The smallest absolute Gasteiger partial charge is 0.338 e. The van der Waals surface area contributed by atoms with Crippen LogP contribution in [0.3, 0.4) is 0 Å². The van der Waals surface area contributed by atoms with Crippen molar-refractivity contribution in [2.24, 2.45) is 0 Å². The van der Waals surface area contributed by atoms with Crippen LogP contribution in [0.15, 0.2) is 107 Å². The molecule has 43 heavy (non-hydrogen) atoms. The third-order valence-corrected chi connectivity index (χ3v) is 6.88. The normalized spacial score (nSPS) is 19.4. The van der Waals surface area contributed by atoms with Crippen molar-refractivity contribution >= 4 is 17.9 Å². The highest BCUT2D eigenvalue weighted by atomic mass is 16.7. The van der Waals surface area contributed by atoms with Gasteiger partial charge in [-0.2, -0.15) is 0 Å². The van der Waals surface area contributed by atoms with Crippen LogP contribution in [0, 0.1) is 0 Å². The summed E-state index contributed by atoms with van der Waals surface area (Å²) < 4.78 is 24.5. The molecule has 3 aromatic carbocycles. The van der Waals surface area contributed by atoms with E-state index in [1.807, 2.05) is 0 Å². The average Bonchev–Trinajstić information content (AvgIpc) is 3.36. The molecule has 0 bridgehead atoms. The first-order chi connectivity index (χ1) is 20.9. The highest BCUT2D eigenvalue weighted by molar-refractivity contribution is 5.91. The van der Waals surface area contributed by atoms with E-state index in [4.69, 9.17) is 18.9 Å². The quantitative estimate of drug-likeness (QED) is 0.232. The first-order valence-electron chi connectivity index (χ1n) is 13.6. The Bertz CT molecular complexity index is 1700. The van der Waals surface area contributed by atoms with Crippen LogP contribution in [0.25, 0.3) is 0 Å². The molecule has 0 spiro atoms. The van der Waals surface area contributed by atoms with Crippen molar-refractivity contribution in [3.63, 3.8) is 0 Å². The van der Waals surface area contributed by atoms with E-state index in [0.717, 1.165) is 4.57 Å². The summed E-state index contributed by atoms with van der Waals surface area (Å²) in [6.45, 7) is 1.33. The Morgan fingerprint density at radius 1 is 0.744 bits per heavy atom. The molecule has 4 aromatic rings. The minimum absolute atomic E-state index is 0.205. The summed E-state index contributed by atoms with van der Waals surface area (Å²) in [6, 6.07) is 24.5. The maximum absolute atomic E-state index is 13.2. The van der Waals surface area contributed by atoms with Crippen molar-refractivity contribution in [2.75, 3.05) is 6.61 Å². The zero-order chi connectivity index (χ0) is 30.3. The Morgan fingerprint density at radius 2 is 1.23 bits per heavy atom. The summed E-state index contributed by atoms with van der Waals surface area (Å²) in [7, 11) is 0. The number of carbonyl (C=O) groups excluding carboxylic acids is 3. The minimum Gasteiger partial charge on any atom is -0.459 e. The SMILES string of the molecule is CCc1cn([C@@H]2O[C@H](COC(=O)c3ccccc3)[C@@H](OC(=O)c3ccccc3)[C@H]2OC(=O)c2ccccc2)c(=O)[nH]c1=O. The summed E-state index contributed by atoms with van der Waals surface area (Å²) in [4.78, 5) is 66.8. The molecular weight excluding hydrogens is 556 g/mol. The Labute approximate surface area is 245 Å². The van der Waals surface area contributed by atoms with Crippen LogP contribution in [0.4, 0.5) is 0 Å². The van der Waals surface area contributed by atoms with E-state index in [0.29, 0.717) is 6.42 Å². The van der Waals surface area contributed by atoms with Gasteiger partial charge < -0.3 is 18.9 Å². The molecule has 220 valence electrons. The van der Waals surface area contributed by atoms with Crippen LogP contribution in [-0.2, 0) is 25.4 Å². The van der Waals surface area contributed by atoms with Crippen LogP contribution >= 0.6 is 0 Å². The molecule has 0 aliphatic carbocycles. The maximum atomic E-state index is 13.2. The Morgan fingerprint density at radius 3 is 1.74 bits per heavy atom. The summed E-state index contributed by atoms with van der Waals surface area (Å²) in [5, 5.41) is 0. The predicted molar refractivity (Wildman–Crippen MR) is 153 cm³/mol. The van der Waals surface area contributed by atoms with E-state index in [-0.39, 0.29) is 22.3 Å². The Hall–Kier alpha value is -5.29. The molecule has 5 rings (SSSR count). The molecule has 4 atom stereocenters. The number of carbonyl (C=O) groups is 3. The lowest BCUT2D eigenvalue weighted by Gasteiger charge is -2.25. The Kier molecular flexibility index (Phi) is 8.92. The van der Waals surface area contributed by atoms with Crippen molar-refractivity contribution < 1.29 is 33.3 Å². The molecule has 0 amide bonds. The minimum atomic E-state index is -1.38. The van der Waals surface area contributed by atoms with Gasteiger partial charge in [-0.1, -0.05) is 61.5 Å². The second-order valence-corrected chi connectivity index (χ2v) is 9.68. The zero-order valence-corrected chi connectivity index (χ0v) is 23.1. The first kappa shape index (κ1) is 29.2. The number of aryl methyl sites for hydroxylation is 1. The van der Waals surface area contributed by atoms with E-state index in [9.17, 15) is 24.0 Å². The molecule has 0 radical (unpaired) electrons. The second kappa shape index (κ2) is 13.1. The fourth-order valence-corrected chi connectivity index (χ4v) is 4.65. The fourth-order valence-electron chi connectivity index (χ4n) is 4.65. The summed E-state index contributed by atoms with van der Waals surface area (Å²) >= 11 is 0. The van der Waals surface area contributed by atoms with Crippen molar-refractivity contribution in [1.29, 1.82) is 0 Å². The van der Waals surface area contributed by atoms with Crippen molar-refractivity contribution in [1.82, 2.24) is 9.55 Å².